The van der Waals surface area contributed by atoms with Crippen molar-refractivity contribution in [3.05, 3.63) is 70.7 Å². The first-order valence-corrected chi connectivity index (χ1v) is 14.8. The molecule has 1 aliphatic carbocycles. The molecule has 1 fully saturated rings. The van der Waals surface area contributed by atoms with E-state index in [-0.39, 0.29) is 17.9 Å². The van der Waals surface area contributed by atoms with Crippen LogP contribution in [0.2, 0.25) is 0 Å². The van der Waals surface area contributed by atoms with E-state index in [1.54, 1.807) is 30.0 Å². The number of rotatable bonds is 10. The number of aromatic nitrogens is 3. The second kappa shape index (κ2) is 12.8. The lowest BCUT2D eigenvalue weighted by Gasteiger charge is -2.30. The van der Waals surface area contributed by atoms with Gasteiger partial charge >= 0.3 is 5.97 Å². The van der Waals surface area contributed by atoms with Crippen LogP contribution in [0.3, 0.4) is 0 Å². The van der Waals surface area contributed by atoms with Gasteiger partial charge in [-0.25, -0.2) is 13.9 Å². The summed E-state index contributed by atoms with van der Waals surface area (Å²) in [4.78, 5) is 18.4. The van der Waals surface area contributed by atoms with Gasteiger partial charge in [-0.3, -0.25) is 0 Å². The molecule has 8 nitrogen and oxygen atoms in total. The van der Waals surface area contributed by atoms with Gasteiger partial charge in [0.1, 0.15) is 18.0 Å². The minimum Gasteiger partial charge on any atom is -0.493 e. The number of benzene rings is 2. The van der Waals surface area contributed by atoms with Gasteiger partial charge in [-0.15, -0.1) is 5.10 Å². The van der Waals surface area contributed by atoms with Gasteiger partial charge in [0.2, 0.25) is 11.1 Å². The molecular weight excluding hydrogens is 531 g/mol. The lowest BCUT2D eigenvalue weighted by atomic mass is 9.94. The van der Waals surface area contributed by atoms with Gasteiger partial charge in [0, 0.05) is 11.4 Å². The number of nitrogens with one attached hydrogen (secondary N) is 1. The number of carbonyl (C=O) groups excluding carboxylic acids is 1. The van der Waals surface area contributed by atoms with Crippen molar-refractivity contribution in [1.82, 2.24) is 14.8 Å². The minimum absolute atomic E-state index is 0.0921. The molecule has 5 rings (SSSR count). The standard InChI is InChI=1S/C30H35FN4O4S/c1-4-16-38-24-15-14-20(17-25(24)37-3)27-26(28(36)39-22-11-6-5-7-12-22)19(2)32-29-33-30(34-35(27)29)40-18-21-10-8-9-13-23(21)31/h8-10,13-15,17,22,27H,4-7,11-12,16,18H2,1-3H3,(H,32,33,34). The molecule has 0 bridgehead atoms. The third kappa shape index (κ3) is 6.11. The number of anilines is 1. The van der Waals surface area contributed by atoms with Crippen molar-refractivity contribution >= 4 is 23.7 Å². The number of esters is 1. The molecule has 0 amide bonds. The third-order valence-corrected chi connectivity index (χ3v) is 8.05. The molecule has 2 aromatic carbocycles. The van der Waals surface area contributed by atoms with Crippen LogP contribution >= 0.6 is 11.8 Å². The Bertz CT molecular complexity index is 1390. The van der Waals surface area contributed by atoms with Gasteiger partial charge in [0.05, 0.1) is 19.3 Å². The first-order chi connectivity index (χ1) is 19.5. The van der Waals surface area contributed by atoms with Crippen molar-refractivity contribution in [2.24, 2.45) is 0 Å². The van der Waals surface area contributed by atoms with Gasteiger partial charge < -0.3 is 19.5 Å². The zero-order valence-electron chi connectivity index (χ0n) is 23.1. The monoisotopic (exact) mass is 566 g/mol. The highest BCUT2D eigenvalue weighted by molar-refractivity contribution is 7.98. The molecule has 3 aromatic rings. The summed E-state index contributed by atoms with van der Waals surface area (Å²) in [6, 6.07) is 11.7. The molecule has 1 aliphatic heterocycles. The summed E-state index contributed by atoms with van der Waals surface area (Å²) in [5.41, 5.74) is 2.48. The summed E-state index contributed by atoms with van der Waals surface area (Å²) in [5, 5.41) is 8.49. The van der Waals surface area contributed by atoms with E-state index < -0.39 is 6.04 Å². The molecule has 40 heavy (non-hydrogen) atoms. The van der Waals surface area contributed by atoms with E-state index in [1.165, 1.54) is 24.2 Å². The molecule has 1 atom stereocenters. The fourth-order valence-corrected chi connectivity index (χ4v) is 5.92. The van der Waals surface area contributed by atoms with Crippen LogP contribution in [0.1, 0.15) is 69.5 Å². The minimum atomic E-state index is -0.600. The third-order valence-electron chi connectivity index (χ3n) is 7.16. The van der Waals surface area contributed by atoms with Crippen LogP contribution in [-0.2, 0) is 15.3 Å². The SMILES string of the molecule is CCCOc1ccc(C2C(C(=O)OC3CCCCC3)=C(C)Nc3nc(SCc4ccccc4F)nn32)cc1OC. The van der Waals surface area contributed by atoms with Crippen LogP contribution in [0.5, 0.6) is 11.5 Å². The van der Waals surface area contributed by atoms with Gasteiger partial charge in [0.15, 0.2) is 11.5 Å². The molecule has 0 saturated heterocycles. The maximum atomic E-state index is 14.2. The van der Waals surface area contributed by atoms with Crippen LogP contribution in [-0.4, -0.2) is 40.6 Å². The molecule has 2 aliphatic rings. The topological polar surface area (TPSA) is 87.5 Å². The van der Waals surface area contributed by atoms with Crippen molar-refractivity contribution in [2.45, 2.75) is 75.4 Å². The Kier molecular flexibility index (Phi) is 8.94. The largest absolute Gasteiger partial charge is 0.493 e. The fraction of sp³-hybridized carbons (Fsp3) is 0.433. The highest BCUT2D eigenvalue weighted by Gasteiger charge is 2.37. The average Bonchev–Trinajstić information content (AvgIpc) is 3.37. The van der Waals surface area contributed by atoms with Crippen molar-refractivity contribution in [1.29, 1.82) is 0 Å². The fourth-order valence-electron chi connectivity index (χ4n) is 5.11. The molecule has 1 saturated carbocycles. The Balaban J connectivity index is 1.50. The molecular formula is C30H35FN4O4S. The Labute approximate surface area is 238 Å². The smallest absolute Gasteiger partial charge is 0.338 e. The number of thioether (sulfide) groups is 1. The highest BCUT2D eigenvalue weighted by Crippen LogP contribution is 2.40. The molecule has 0 radical (unpaired) electrons. The Morgan fingerprint density at radius 1 is 1.15 bits per heavy atom. The maximum Gasteiger partial charge on any atom is 0.338 e. The summed E-state index contributed by atoms with van der Waals surface area (Å²) in [7, 11) is 1.60. The second-order valence-corrected chi connectivity index (χ2v) is 11.0. The van der Waals surface area contributed by atoms with Crippen molar-refractivity contribution in [3.63, 3.8) is 0 Å². The van der Waals surface area contributed by atoms with E-state index in [0.717, 1.165) is 37.7 Å². The number of methoxy groups -OCH3 is 1. The molecule has 1 aromatic heterocycles. The van der Waals surface area contributed by atoms with Gasteiger partial charge in [-0.05, 0) is 68.4 Å². The highest BCUT2D eigenvalue weighted by atomic mass is 32.2. The maximum absolute atomic E-state index is 14.2. The predicted molar refractivity (Wildman–Crippen MR) is 152 cm³/mol. The van der Waals surface area contributed by atoms with Crippen molar-refractivity contribution in [3.8, 4) is 11.5 Å². The van der Waals surface area contributed by atoms with Crippen LogP contribution in [0.25, 0.3) is 0 Å². The molecule has 2 heterocycles. The Morgan fingerprint density at radius 2 is 1.95 bits per heavy atom. The van der Waals surface area contributed by atoms with E-state index in [2.05, 4.69) is 10.3 Å². The first kappa shape index (κ1) is 28.0. The van der Waals surface area contributed by atoms with E-state index in [4.69, 9.17) is 19.3 Å². The van der Waals surface area contributed by atoms with Crippen LogP contribution in [0, 0.1) is 5.82 Å². The molecule has 1 unspecified atom stereocenters. The summed E-state index contributed by atoms with van der Waals surface area (Å²) in [6.45, 7) is 4.46. The Hall–Kier alpha value is -3.53. The number of hydrogen-bond acceptors (Lipinski definition) is 8. The lowest BCUT2D eigenvalue weighted by Crippen LogP contribution is -2.32. The van der Waals surface area contributed by atoms with Crippen LogP contribution in [0.4, 0.5) is 10.3 Å². The normalized spacial score (nSPS) is 17.2. The number of allylic oxidation sites excluding steroid dienone is 1. The molecule has 10 heteroatoms. The predicted octanol–water partition coefficient (Wildman–Crippen LogP) is 6.67. The van der Waals surface area contributed by atoms with Crippen molar-refractivity contribution < 1.29 is 23.4 Å². The first-order valence-electron chi connectivity index (χ1n) is 13.8. The Morgan fingerprint density at radius 3 is 2.70 bits per heavy atom. The quantitative estimate of drug-likeness (QED) is 0.215. The summed E-state index contributed by atoms with van der Waals surface area (Å²) in [5.74, 6) is 1.44. The van der Waals surface area contributed by atoms with Gasteiger partial charge in [-0.2, -0.15) is 4.98 Å². The number of halogens is 1. The lowest BCUT2D eigenvalue weighted by molar-refractivity contribution is -0.146. The zero-order chi connectivity index (χ0) is 28.1. The molecule has 1 N–H and O–H groups in total. The van der Waals surface area contributed by atoms with Crippen LogP contribution < -0.4 is 14.8 Å². The van der Waals surface area contributed by atoms with E-state index >= 15 is 0 Å². The van der Waals surface area contributed by atoms with E-state index in [9.17, 15) is 9.18 Å². The molecule has 212 valence electrons. The van der Waals surface area contributed by atoms with E-state index in [1.807, 2.05) is 32.0 Å². The van der Waals surface area contributed by atoms with Crippen molar-refractivity contribution in [2.75, 3.05) is 19.0 Å². The van der Waals surface area contributed by atoms with E-state index in [0.29, 0.717) is 51.8 Å². The number of nitrogens with zero attached hydrogens (tertiary/aromatic N) is 3. The number of fused-ring (bicyclic) bond motifs is 1. The number of ether oxygens (including phenoxy) is 3. The summed E-state index contributed by atoms with van der Waals surface area (Å²) >= 11 is 1.33. The molecule has 0 spiro atoms. The average molecular weight is 567 g/mol. The summed E-state index contributed by atoms with van der Waals surface area (Å²) < 4.78 is 33.5. The van der Waals surface area contributed by atoms with Gasteiger partial charge in [0.25, 0.3) is 0 Å². The van der Waals surface area contributed by atoms with Gasteiger partial charge in [-0.1, -0.05) is 49.4 Å². The van der Waals surface area contributed by atoms with Crippen LogP contribution in [0.15, 0.2) is 58.9 Å². The number of carbonyl (C=O) groups is 1. The zero-order valence-corrected chi connectivity index (χ0v) is 23.9. The second-order valence-electron chi connectivity index (χ2n) is 10.0. The number of hydrogen-bond donors (Lipinski definition) is 1. The summed E-state index contributed by atoms with van der Waals surface area (Å²) in [6.07, 6.45) is 5.81.